The van der Waals surface area contributed by atoms with Gasteiger partial charge in [0.05, 0.1) is 10.6 Å². The molecule has 0 aliphatic carbocycles. The molecule has 3 rings (SSSR count). The molecule has 0 amide bonds. The molecule has 2 aromatic rings. The summed E-state index contributed by atoms with van der Waals surface area (Å²) in [5.74, 6) is 0.0720. The van der Waals surface area contributed by atoms with Gasteiger partial charge >= 0.3 is 5.97 Å². The van der Waals surface area contributed by atoms with E-state index in [9.17, 15) is 4.79 Å². The van der Waals surface area contributed by atoms with Crippen LogP contribution in [0.25, 0.3) is 0 Å². The number of thiazole rings is 1. The summed E-state index contributed by atoms with van der Waals surface area (Å²) in [6, 6.07) is 0. The maximum absolute atomic E-state index is 10.8. The van der Waals surface area contributed by atoms with E-state index in [1.165, 1.54) is 22.3 Å². The van der Waals surface area contributed by atoms with Crippen molar-refractivity contribution in [3.05, 3.63) is 34.0 Å². The monoisotopic (exact) mass is 347 g/mol. The molecule has 0 spiro atoms. The van der Waals surface area contributed by atoms with Crippen molar-refractivity contribution in [2.75, 3.05) is 31.1 Å². The Morgan fingerprint density at radius 2 is 1.83 bits per heavy atom. The van der Waals surface area contributed by atoms with Crippen molar-refractivity contribution < 1.29 is 9.90 Å². The second-order valence-electron chi connectivity index (χ2n) is 6.16. The summed E-state index contributed by atoms with van der Waals surface area (Å²) in [5.41, 5.74) is 0.114. The fraction of sp³-hybridized carbons (Fsp3) is 0.500. The molecule has 1 saturated heterocycles. The summed E-state index contributed by atoms with van der Waals surface area (Å²) in [7, 11) is 0. The molecule has 24 heavy (non-hydrogen) atoms. The van der Waals surface area contributed by atoms with Gasteiger partial charge in [0, 0.05) is 62.1 Å². The number of hydrogen-bond acceptors (Lipinski definition) is 7. The van der Waals surface area contributed by atoms with Crippen LogP contribution in [0.5, 0.6) is 0 Å². The molecule has 128 valence electrons. The average molecular weight is 347 g/mol. The number of carbonyl (C=O) groups is 1. The lowest BCUT2D eigenvalue weighted by Gasteiger charge is -2.34. The van der Waals surface area contributed by atoms with E-state index in [1.807, 2.05) is 6.20 Å². The van der Waals surface area contributed by atoms with Crippen molar-refractivity contribution in [1.29, 1.82) is 0 Å². The Balaban J connectivity index is 1.54. The maximum atomic E-state index is 10.8. The van der Waals surface area contributed by atoms with Crippen LogP contribution in [0.15, 0.2) is 18.6 Å². The van der Waals surface area contributed by atoms with Crippen molar-refractivity contribution in [2.24, 2.45) is 0 Å². The number of aromatic carboxylic acids is 1. The fourth-order valence-electron chi connectivity index (χ4n) is 2.58. The predicted molar refractivity (Wildman–Crippen MR) is 92.7 cm³/mol. The van der Waals surface area contributed by atoms with Gasteiger partial charge in [0.15, 0.2) is 0 Å². The fourth-order valence-corrected chi connectivity index (χ4v) is 3.55. The highest BCUT2D eigenvalue weighted by Crippen LogP contribution is 2.22. The number of nitrogens with zero attached hydrogens (tertiary/aromatic N) is 5. The van der Waals surface area contributed by atoms with Gasteiger partial charge in [-0.15, -0.1) is 11.3 Å². The van der Waals surface area contributed by atoms with Gasteiger partial charge in [-0.2, -0.15) is 0 Å². The van der Waals surface area contributed by atoms with Gasteiger partial charge in [0.2, 0.25) is 5.95 Å². The van der Waals surface area contributed by atoms with E-state index in [0.717, 1.165) is 32.7 Å². The lowest BCUT2D eigenvalue weighted by molar-refractivity contribution is 0.0696. The Kier molecular flexibility index (Phi) is 5.06. The Hall–Kier alpha value is -2.06. The molecular formula is C16H21N5O2S. The Bertz CT molecular complexity index is 693. The minimum Gasteiger partial charge on any atom is -0.478 e. The standard InChI is InChI=1S/C16H21N5O2S/c1-11(2)14-17-9-13(24-14)10-20-3-5-21(6-4-20)16-18-7-12(8-19-16)15(22)23/h7-9,11H,3-6,10H2,1-2H3,(H,22,23). The van der Waals surface area contributed by atoms with Crippen molar-refractivity contribution in [3.63, 3.8) is 0 Å². The van der Waals surface area contributed by atoms with Crippen molar-refractivity contribution in [2.45, 2.75) is 26.3 Å². The molecule has 8 heteroatoms. The van der Waals surface area contributed by atoms with Gasteiger partial charge in [-0.05, 0) is 0 Å². The molecule has 3 heterocycles. The predicted octanol–water partition coefficient (Wildman–Crippen LogP) is 2.08. The van der Waals surface area contributed by atoms with E-state index in [1.54, 1.807) is 11.3 Å². The van der Waals surface area contributed by atoms with E-state index >= 15 is 0 Å². The molecule has 0 bridgehead atoms. The van der Waals surface area contributed by atoms with Gasteiger partial charge in [-0.1, -0.05) is 13.8 Å². The molecule has 0 aromatic carbocycles. The van der Waals surface area contributed by atoms with E-state index in [2.05, 4.69) is 38.6 Å². The molecule has 1 N–H and O–H groups in total. The topological polar surface area (TPSA) is 82.5 Å². The molecule has 0 atom stereocenters. The number of hydrogen-bond donors (Lipinski definition) is 1. The zero-order valence-electron chi connectivity index (χ0n) is 13.8. The number of carboxylic acid groups (broad SMARTS) is 1. The van der Waals surface area contributed by atoms with Gasteiger partial charge in [0.1, 0.15) is 0 Å². The first-order valence-corrected chi connectivity index (χ1v) is 8.82. The minimum atomic E-state index is -1.00. The molecular weight excluding hydrogens is 326 g/mol. The minimum absolute atomic E-state index is 0.114. The number of rotatable bonds is 5. The highest BCUT2D eigenvalue weighted by Gasteiger charge is 2.20. The zero-order chi connectivity index (χ0) is 17.1. The smallest absolute Gasteiger partial charge is 0.338 e. The van der Waals surface area contributed by atoms with Crippen LogP contribution in [0.2, 0.25) is 0 Å². The lowest BCUT2D eigenvalue weighted by Crippen LogP contribution is -2.46. The molecule has 1 aliphatic heterocycles. The van der Waals surface area contributed by atoms with Crippen molar-refractivity contribution in [3.8, 4) is 0 Å². The lowest BCUT2D eigenvalue weighted by atomic mass is 10.2. The zero-order valence-corrected chi connectivity index (χ0v) is 14.7. The number of piperazine rings is 1. The molecule has 1 aliphatic rings. The molecule has 0 unspecified atom stereocenters. The summed E-state index contributed by atoms with van der Waals surface area (Å²) in [4.78, 5) is 29.4. The molecule has 7 nitrogen and oxygen atoms in total. The van der Waals surface area contributed by atoms with Crippen LogP contribution in [-0.4, -0.2) is 57.1 Å². The third kappa shape index (κ3) is 3.88. The Morgan fingerprint density at radius 1 is 1.17 bits per heavy atom. The first-order valence-electron chi connectivity index (χ1n) is 8.00. The Morgan fingerprint density at radius 3 is 2.38 bits per heavy atom. The van der Waals surface area contributed by atoms with Crippen molar-refractivity contribution >= 4 is 23.3 Å². The van der Waals surface area contributed by atoms with Gasteiger partial charge in [-0.25, -0.2) is 19.7 Å². The normalized spacial score (nSPS) is 15.9. The van der Waals surface area contributed by atoms with Crippen LogP contribution in [0, 0.1) is 0 Å². The summed E-state index contributed by atoms with van der Waals surface area (Å²) < 4.78 is 0. The quantitative estimate of drug-likeness (QED) is 0.886. The number of aromatic nitrogens is 3. The summed E-state index contributed by atoms with van der Waals surface area (Å²) >= 11 is 1.79. The highest BCUT2D eigenvalue weighted by atomic mass is 32.1. The third-order valence-corrected chi connectivity index (χ3v) is 5.27. The van der Waals surface area contributed by atoms with E-state index < -0.39 is 5.97 Å². The van der Waals surface area contributed by atoms with Crippen LogP contribution >= 0.6 is 11.3 Å². The van der Waals surface area contributed by atoms with Crippen LogP contribution in [0.4, 0.5) is 5.95 Å². The Labute approximate surface area is 145 Å². The largest absolute Gasteiger partial charge is 0.478 e. The summed E-state index contributed by atoms with van der Waals surface area (Å²) in [5, 5.41) is 10.1. The van der Waals surface area contributed by atoms with Gasteiger partial charge in [0.25, 0.3) is 0 Å². The van der Waals surface area contributed by atoms with Crippen LogP contribution in [0.1, 0.15) is 40.0 Å². The van der Waals surface area contributed by atoms with Crippen molar-refractivity contribution in [1.82, 2.24) is 19.9 Å². The summed E-state index contributed by atoms with van der Waals surface area (Å²) in [6.07, 6.45) is 4.71. The van der Waals surface area contributed by atoms with Crippen LogP contribution < -0.4 is 4.90 Å². The number of carboxylic acids is 1. The molecule has 0 saturated carbocycles. The van der Waals surface area contributed by atoms with Crippen LogP contribution in [0.3, 0.4) is 0 Å². The van der Waals surface area contributed by atoms with E-state index in [-0.39, 0.29) is 5.56 Å². The second kappa shape index (κ2) is 7.23. The highest BCUT2D eigenvalue weighted by molar-refractivity contribution is 7.11. The number of anilines is 1. The summed E-state index contributed by atoms with van der Waals surface area (Å²) in [6.45, 7) is 8.79. The van der Waals surface area contributed by atoms with E-state index in [4.69, 9.17) is 5.11 Å². The molecule has 2 aromatic heterocycles. The second-order valence-corrected chi connectivity index (χ2v) is 7.31. The molecule has 0 radical (unpaired) electrons. The average Bonchev–Trinajstić information content (AvgIpc) is 3.04. The SMILES string of the molecule is CC(C)c1ncc(CN2CCN(c3ncc(C(=O)O)cn3)CC2)s1. The van der Waals surface area contributed by atoms with Gasteiger partial charge < -0.3 is 10.0 Å². The first kappa shape index (κ1) is 16.8. The first-order chi connectivity index (χ1) is 11.5. The maximum Gasteiger partial charge on any atom is 0.338 e. The van der Waals surface area contributed by atoms with Crippen LogP contribution in [-0.2, 0) is 6.54 Å². The third-order valence-electron chi connectivity index (χ3n) is 3.99. The molecule has 1 fully saturated rings. The van der Waals surface area contributed by atoms with Gasteiger partial charge in [-0.3, -0.25) is 4.90 Å². The van der Waals surface area contributed by atoms with E-state index in [0.29, 0.717) is 11.9 Å².